The summed E-state index contributed by atoms with van der Waals surface area (Å²) in [7, 11) is 0. The molecule has 45 heavy (non-hydrogen) atoms. The zero-order valence-electron chi connectivity index (χ0n) is 25.4. The highest BCUT2D eigenvalue weighted by Gasteiger charge is 2.31. The number of aliphatic carboxylic acids is 2. The van der Waals surface area contributed by atoms with Crippen LogP contribution in [0, 0.1) is 5.92 Å². The van der Waals surface area contributed by atoms with Gasteiger partial charge in [0.2, 0.25) is 12.3 Å². The molecule has 6 N–H and O–H groups in total. The number of nitrogens with zero attached hydrogens (tertiary/aromatic N) is 1. The summed E-state index contributed by atoms with van der Waals surface area (Å²) in [5, 5.41) is 36.0. The maximum atomic E-state index is 12.9. The van der Waals surface area contributed by atoms with Crippen molar-refractivity contribution in [3.63, 3.8) is 0 Å². The van der Waals surface area contributed by atoms with Crippen molar-refractivity contribution in [2.45, 2.75) is 71.4 Å². The summed E-state index contributed by atoms with van der Waals surface area (Å²) < 4.78 is 11.2. The maximum Gasteiger partial charge on any atom is 0.326 e. The summed E-state index contributed by atoms with van der Waals surface area (Å²) in [6.45, 7) is 5.36. The summed E-state index contributed by atoms with van der Waals surface area (Å²) in [6.07, 6.45) is 2.78. The number of benzene rings is 1. The Morgan fingerprint density at radius 1 is 1.00 bits per heavy atom. The Kier molecular flexibility index (Phi) is 14.5. The molecule has 3 atom stereocenters. The molecule has 15 nitrogen and oxygen atoms in total. The Labute approximate surface area is 259 Å². The third kappa shape index (κ3) is 10.6. The van der Waals surface area contributed by atoms with Crippen LogP contribution >= 0.6 is 0 Å². The molecule has 0 aliphatic rings. The first-order valence-electron chi connectivity index (χ1n) is 14.6. The van der Waals surface area contributed by atoms with Crippen molar-refractivity contribution < 1.29 is 53.3 Å². The lowest BCUT2D eigenvalue weighted by Gasteiger charge is -2.29. The fourth-order valence-electron chi connectivity index (χ4n) is 4.64. The zero-order chi connectivity index (χ0) is 33.5. The first-order valence-corrected chi connectivity index (χ1v) is 14.6. The lowest BCUT2D eigenvalue weighted by atomic mass is 9.90. The van der Waals surface area contributed by atoms with Gasteiger partial charge in [-0.3, -0.25) is 29.2 Å². The summed E-state index contributed by atoms with van der Waals surface area (Å²) in [6, 6.07) is 4.84. The van der Waals surface area contributed by atoms with E-state index >= 15 is 0 Å². The van der Waals surface area contributed by atoms with Gasteiger partial charge in [0.15, 0.2) is 5.76 Å². The molecule has 0 aliphatic heterocycles. The molecule has 0 spiro atoms. The van der Waals surface area contributed by atoms with E-state index in [1.54, 1.807) is 13.8 Å². The van der Waals surface area contributed by atoms with Gasteiger partial charge in [-0.2, -0.15) is 0 Å². The Hall–Kier alpha value is -4.92. The fraction of sp³-hybridized carbons (Fsp3) is 0.467. The molecule has 0 bridgehead atoms. The zero-order valence-corrected chi connectivity index (χ0v) is 25.4. The van der Waals surface area contributed by atoms with Crippen molar-refractivity contribution in [2.24, 2.45) is 5.92 Å². The van der Waals surface area contributed by atoms with Crippen LogP contribution < -0.4 is 20.7 Å². The molecule has 0 saturated heterocycles. The van der Waals surface area contributed by atoms with Gasteiger partial charge in [-0.05, 0) is 44.0 Å². The van der Waals surface area contributed by atoms with E-state index in [1.165, 1.54) is 30.3 Å². The minimum atomic E-state index is -1.65. The Morgan fingerprint density at radius 3 is 2.33 bits per heavy atom. The van der Waals surface area contributed by atoms with Crippen molar-refractivity contribution in [3.8, 4) is 17.1 Å². The van der Waals surface area contributed by atoms with Gasteiger partial charge in [0, 0.05) is 5.56 Å². The van der Waals surface area contributed by atoms with Gasteiger partial charge in [0.05, 0.1) is 37.2 Å². The van der Waals surface area contributed by atoms with Crippen LogP contribution in [0.25, 0.3) is 11.3 Å². The number of amides is 4. The number of unbranched alkanes of at least 4 members (excludes halogenated alkanes) is 2. The maximum absolute atomic E-state index is 12.9. The minimum absolute atomic E-state index is 0.0340. The van der Waals surface area contributed by atoms with Crippen LogP contribution in [0.5, 0.6) is 5.75 Å². The lowest BCUT2D eigenvalue weighted by molar-refractivity contribution is -0.168. The summed E-state index contributed by atoms with van der Waals surface area (Å²) in [4.78, 5) is 71.9. The number of carboxylic acids is 2. The highest BCUT2D eigenvalue weighted by molar-refractivity contribution is 6.00. The predicted octanol–water partition coefficient (Wildman–Crippen LogP) is 2.63. The number of rotatable bonds is 20. The number of nitrogens with one attached hydrogen (secondary N) is 3. The standard InChI is InChI=1S/C30H40N4O11/c1-4-7-8-9-19(22(5-2)34(43)17-35)27(38)31-16-32-29(40)24-13-12-23(45-24)18-10-11-20(25(14-18)44-6-3)28(39)33-21(30(41)42)15-26(36)37/h10-14,17,19,21-22,43H,4-9,15-16H2,1-3H3,(H,31,38)(H,32,40)(H,33,39)(H,36,37)(H,41,42)/t19-,21-,22-/m1/s1. The van der Waals surface area contributed by atoms with Gasteiger partial charge < -0.3 is 35.3 Å². The second-order valence-electron chi connectivity index (χ2n) is 10.1. The van der Waals surface area contributed by atoms with Gasteiger partial charge in [-0.1, -0.05) is 39.2 Å². The van der Waals surface area contributed by atoms with Crippen molar-refractivity contribution in [1.82, 2.24) is 21.0 Å². The van der Waals surface area contributed by atoms with E-state index in [0.29, 0.717) is 23.5 Å². The largest absolute Gasteiger partial charge is 0.493 e. The molecule has 0 unspecified atom stereocenters. The molecule has 0 saturated carbocycles. The van der Waals surface area contributed by atoms with E-state index in [0.717, 1.165) is 19.3 Å². The topological polar surface area (TPSA) is 225 Å². The van der Waals surface area contributed by atoms with E-state index < -0.39 is 54.1 Å². The van der Waals surface area contributed by atoms with E-state index in [-0.39, 0.29) is 42.5 Å². The molecule has 0 radical (unpaired) electrons. The number of carbonyl (C=O) groups excluding carboxylic acids is 4. The van der Waals surface area contributed by atoms with Crippen molar-refractivity contribution >= 4 is 36.1 Å². The van der Waals surface area contributed by atoms with E-state index in [2.05, 4.69) is 16.0 Å². The molecule has 2 aromatic rings. The minimum Gasteiger partial charge on any atom is -0.493 e. The van der Waals surface area contributed by atoms with Gasteiger partial charge in [-0.15, -0.1) is 0 Å². The summed E-state index contributed by atoms with van der Waals surface area (Å²) >= 11 is 0. The average molecular weight is 633 g/mol. The Morgan fingerprint density at radius 2 is 1.73 bits per heavy atom. The highest BCUT2D eigenvalue weighted by atomic mass is 16.5. The molecule has 4 amide bonds. The second-order valence-corrected chi connectivity index (χ2v) is 10.1. The van der Waals surface area contributed by atoms with Crippen LogP contribution in [0.15, 0.2) is 34.7 Å². The molecule has 0 fully saturated rings. The number of hydroxylamine groups is 2. The van der Waals surface area contributed by atoms with Gasteiger partial charge >= 0.3 is 11.9 Å². The first kappa shape index (κ1) is 36.3. The third-order valence-corrected chi connectivity index (χ3v) is 6.92. The van der Waals surface area contributed by atoms with E-state index in [9.17, 15) is 39.1 Å². The number of furan rings is 1. The Balaban J connectivity index is 2.11. The monoisotopic (exact) mass is 632 g/mol. The molecule has 1 aromatic heterocycles. The third-order valence-electron chi connectivity index (χ3n) is 6.92. The lowest BCUT2D eigenvalue weighted by Crippen LogP contribution is -2.47. The molecule has 0 aliphatic carbocycles. The smallest absolute Gasteiger partial charge is 0.326 e. The van der Waals surface area contributed by atoms with E-state index in [1.807, 2.05) is 6.92 Å². The predicted molar refractivity (Wildman–Crippen MR) is 158 cm³/mol. The molecule has 2 rings (SSSR count). The highest BCUT2D eigenvalue weighted by Crippen LogP contribution is 2.29. The first-order chi connectivity index (χ1) is 21.5. The quantitative estimate of drug-likeness (QED) is 0.0409. The summed E-state index contributed by atoms with van der Waals surface area (Å²) in [5.74, 6) is -5.25. The van der Waals surface area contributed by atoms with Gasteiger partial charge in [-0.25, -0.2) is 9.86 Å². The van der Waals surface area contributed by atoms with Crippen LogP contribution in [0.1, 0.15) is 80.2 Å². The number of hydrogen-bond acceptors (Lipinski definition) is 9. The molecule has 15 heteroatoms. The molecule has 1 heterocycles. The number of ether oxygens (including phenoxy) is 1. The van der Waals surface area contributed by atoms with Crippen LogP contribution in [-0.2, 0) is 19.2 Å². The van der Waals surface area contributed by atoms with E-state index in [4.69, 9.17) is 14.3 Å². The van der Waals surface area contributed by atoms with Crippen molar-refractivity contribution in [2.75, 3.05) is 13.3 Å². The average Bonchev–Trinajstić information content (AvgIpc) is 3.50. The molecular formula is C30H40N4O11. The number of carbonyl (C=O) groups is 6. The molecule has 1 aromatic carbocycles. The van der Waals surface area contributed by atoms with Crippen LogP contribution in [0.2, 0.25) is 0 Å². The second kappa shape index (κ2) is 18.0. The molecule has 246 valence electrons. The van der Waals surface area contributed by atoms with Crippen LogP contribution in [0.4, 0.5) is 0 Å². The van der Waals surface area contributed by atoms with Crippen molar-refractivity contribution in [3.05, 3.63) is 41.7 Å². The van der Waals surface area contributed by atoms with Crippen molar-refractivity contribution in [1.29, 1.82) is 0 Å². The van der Waals surface area contributed by atoms with Crippen LogP contribution in [-0.4, -0.2) is 81.9 Å². The van der Waals surface area contributed by atoms with Crippen LogP contribution in [0.3, 0.4) is 0 Å². The summed E-state index contributed by atoms with van der Waals surface area (Å²) in [5.41, 5.74) is 0.389. The van der Waals surface area contributed by atoms with Gasteiger partial charge in [0.25, 0.3) is 11.8 Å². The number of hydrogen-bond donors (Lipinski definition) is 6. The SMILES string of the molecule is CCCCC[C@@H](C(=O)NCNC(=O)c1ccc(-c2ccc(C(=O)N[C@H](CC(=O)O)C(=O)O)c(OCC)c2)o1)[C@@H](CC)N(O)C=O. The van der Waals surface area contributed by atoms with Gasteiger partial charge in [0.1, 0.15) is 17.6 Å². The number of carboxylic acid groups (broad SMARTS) is 2. The fourth-order valence-corrected chi connectivity index (χ4v) is 4.64. The molecular weight excluding hydrogens is 592 g/mol. The normalized spacial score (nSPS) is 12.7. The Bertz CT molecular complexity index is 1340.